The maximum Gasteiger partial charge on any atom is 0.160 e. The lowest BCUT2D eigenvalue weighted by Crippen LogP contribution is -2.09. The molecule has 2 aliphatic rings. The maximum atomic E-state index is 14.1. The van der Waals surface area contributed by atoms with Crippen LogP contribution in [0.25, 0.3) is 45.0 Å². The summed E-state index contributed by atoms with van der Waals surface area (Å²) in [6, 6.07) is 16.8. The highest BCUT2D eigenvalue weighted by Crippen LogP contribution is 2.37. The van der Waals surface area contributed by atoms with Gasteiger partial charge in [0.05, 0.1) is 36.2 Å². The summed E-state index contributed by atoms with van der Waals surface area (Å²) in [4.78, 5) is 16.8. The summed E-state index contributed by atoms with van der Waals surface area (Å²) in [6.07, 6.45) is 11.9. The van der Waals surface area contributed by atoms with Gasteiger partial charge in [-0.05, 0) is 118 Å². The van der Waals surface area contributed by atoms with E-state index in [1.54, 1.807) is 47.5 Å². The Bertz CT molecular complexity index is 3080. The molecule has 2 aliphatic carbocycles. The first-order valence-corrected chi connectivity index (χ1v) is 20.7. The van der Waals surface area contributed by atoms with Gasteiger partial charge in [0.2, 0.25) is 0 Å². The summed E-state index contributed by atoms with van der Waals surface area (Å²) in [5.74, 6) is -0.290. The van der Waals surface area contributed by atoms with Crippen LogP contribution in [0.3, 0.4) is 0 Å². The lowest BCUT2D eigenvalue weighted by Gasteiger charge is -2.12. The van der Waals surface area contributed by atoms with Crippen LogP contribution in [0.15, 0.2) is 109 Å². The number of fused-ring (bicyclic) bond motifs is 4. The zero-order valence-corrected chi connectivity index (χ0v) is 35.8. The van der Waals surface area contributed by atoms with Gasteiger partial charge in [-0.25, -0.2) is 32.0 Å². The monoisotopic (exact) mass is 870 g/mol. The lowest BCUT2D eigenvalue weighted by atomic mass is 10.0. The fourth-order valence-corrected chi connectivity index (χ4v) is 8.26. The molecular weight excluding hydrogens is 828 g/mol. The van der Waals surface area contributed by atoms with Crippen molar-refractivity contribution in [3.8, 4) is 22.5 Å². The normalized spacial score (nSPS) is 12.9. The van der Waals surface area contributed by atoms with E-state index in [-0.39, 0.29) is 11.6 Å². The van der Waals surface area contributed by atoms with Gasteiger partial charge < -0.3 is 11.1 Å². The van der Waals surface area contributed by atoms with Crippen molar-refractivity contribution in [2.75, 3.05) is 18.4 Å². The molecule has 6 heterocycles. The van der Waals surface area contributed by atoms with Crippen molar-refractivity contribution in [3.63, 3.8) is 0 Å². The number of pyridine rings is 2. The molecule has 63 heavy (non-hydrogen) atoms. The van der Waals surface area contributed by atoms with Crippen molar-refractivity contribution in [1.82, 2.24) is 39.2 Å². The number of nitrogens with zero attached hydrogens (tertiary/aromatic N) is 8. The Morgan fingerprint density at radius 3 is 1.68 bits per heavy atom. The van der Waals surface area contributed by atoms with Crippen molar-refractivity contribution in [3.05, 3.63) is 171 Å². The standard InChI is InChI=1S/C24H21F2N5.C12H8ClFN4.C12H14FN/c1-14-8-20-19(4-3-5-21(20)26)18(14)6-7-28-23-10-22(16-9-17(25)13-27-12-16)30-24-15(2)11-29-31(23)24;1-7-4-16-18-11(13)3-10(17-12(7)18)8-2-9(14)6-15-5-8;1-8-7-11-10(9(8)5-6-14)3-2-4-12(11)13/h3-5,9-13,28H,6-8H2,1-2H3;2-6H,1H3;2-4H,5-7,14H2,1H3. The molecule has 0 radical (unpaired) electrons. The quantitative estimate of drug-likeness (QED) is 0.114. The average molecular weight is 871 g/mol. The first-order valence-electron chi connectivity index (χ1n) is 20.3. The third-order valence-corrected chi connectivity index (χ3v) is 11.4. The molecule has 0 saturated carbocycles. The minimum atomic E-state index is -0.409. The highest BCUT2D eigenvalue weighted by atomic mass is 35.5. The van der Waals surface area contributed by atoms with E-state index in [1.165, 1.54) is 57.3 Å². The first-order chi connectivity index (χ1) is 30.4. The predicted octanol–water partition coefficient (Wildman–Crippen LogP) is 10.6. The summed E-state index contributed by atoms with van der Waals surface area (Å²) in [6.45, 7) is 9.21. The Balaban J connectivity index is 0.000000143. The van der Waals surface area contributed by atoms with Crippen LogP contribution in [0.4, 0.5) is 23.4 Å². The topological polar surface area (TPSA) is 124 Å². The zero-order chi connectivity index (χ0) is 44.4. The molecule has 2 aromatic carbocycles. The fourth-order valence-electron chi connectivity index (χ4n) is 8.04. The van der Waals surface area contributed by atoms with Crippen LogP contribution >= 0.6 is 11.6 Å². The second kappa shape index (κ2) is 18.3. The molecule has 0 bridgehead atoms. The van der Waals surface area contributed by atoms with Crippen molar-refractivity contribution in [2.45, 2.75) is 53.4 Å². The zero-order valence-electron chi connectivity index (χ0n) is 35.0. The second-order valence-corrected chi connectivity index (χ2v) is 15.9. The van der Waals surface area contributed by atoms with Crippen molar-refractivity contribution in [2.24, 2.45) is 5.73 Å². The highest BCUT2D eigenvalue weighted by molar-refractivity contribution is 6.30. The van der Waals surface area contributed by atoms with E-state index in [0.717, 1.165) is 64.7 Å². The van der Waals surface area contributed by atoms with Crippen LogP contribution in [0, 0.1) is 37.1 Å². The number of hydrogen-bond acceptors (Lipinski definition) is 8. The number of aryl methyl sites for hydroxylation is 2. The average Bonchev–Trinajstić information content (AvgIpc) is 4.02. The predicted molar refractivity (Wildman–Crippen MR) is 239 cm³/mol. The Kier molecular flexibility index (Phi) is 12.5. The van der Waals surface area contributed by atoms with Crippen LogP contribution in [0.5, 0.6) is 0 Å². The molecule has 15 heteroatoms. The van der Waals surface area contributed by atoms with E-state index in [4.69, 9.17) is 17.3 Å². The molecule has 0 amide bonds. The summed E-state index contributed by atoms with van der Waals surface area (Å²) < 4.78 is 57.7. The molecule has 10 rings (SSSR count). The minimum absolute atomic E-state index is 0.0890. The van der Waals surface area contributed by atoms with Crippen LogP contribution in [0.2, 0.25) is 5.15 Å². The van der Waals surface area contributed by atoms with E-state index < -0.39 is 11.6 Å². The Hall–Kier alpha value is -6.77. The Morgan fingerprint density at radius 2 is 1.14 bits per heavy atom. The third-order valence-electron chi connectivity index (χ3n) is 11.1. The highest BCUT2D eigenvalue weighted by Gasteiger charge is 2.22. The molecule has 320 valence electrons. The van der Waals surface area contributed by atoms with Gasteiger partial charge in [0.1, 0.15) is 34.2 Å². The lowest BCUT2D eigenvalue weighted by molar-refractivity contribution is 0.614. The molecule has 8 aromatic rings. The molecule has 0 atom stereocenters. The van der Waals surface area contributed by atoms with Crippen molar-refractivity contribution in [1.29, 1.82) is 0 Å². The molecule has 0 saturated heterocycles. The minimum Gasteiger partial charge on any atom is -0.370 e. The summed E-state index contributed by atoms with van der Waals surface area (Å²) in [7, 11) is 0. The molecule has 0 unspecified atom stereocenters. The van der Waals surface area contributed by atoms with E-state index in [0.29, 0.717) is 58.5 Å². The number of benzene rings is 2. The number of anilines is 1. The van der Waals surface area contributed by atoms with Gasteiger partial charge in [0, 0.05) is 53.3 Å². The van der Waals surface area contributed by atoms with E-state index in [2.05, 4.69) is 49.3 Å². The Morgan fingerprint density at radius 1 is 0.635 bits per heavy atom. The number of nitrogens with one attached hydrogen (secondary N) is 1. The van der Waals surface area contributed by atoms with Crippen LogP contribution in [-0.2, 0) is 12.8 Å². The SMILES string of the molecule is CC1=C(CCN)c2cccc(F)c2C1.CC1=C(CCNc2cc(-c3cncc(F)c3)nc3c(C)cnn23)c2cccc(F)c2C1.Cc1cnn2c(Cl)cc(-c3cncc(F)c3)nc12. The number of rotatable bonds is 8. The maximum absolute atomic E-state index is 14.1. The van der Waals surface area contributed by atoms with Crippen LogP contribution in [0.1, 0.15) is 60.1 Å². The second-order valence-electron chi connectivity index (χ2n) is 15.5. The molecule has 10 nitrogen and oxygen atoms in total. The summed E-state index contributed by atoms with van der Waals surface area (Å²) >= 11 is 6.11. The van der Waals surface area contributed by atoms with Gasteiger partial charge in [0.25, 0.3) is 0 Å². The van der Waals surface area contributed by atoms with E-state index in [1.807, 2.05) is 32.0 Å². The van der Waals surface area contributed by atoms with Gasteiger partial charge in [0.15, 0.2) is 11.3 Å². The van der Waals surface area contributed by atoms with E-state index >= 15 is 0 Å². The molecular formula is C48H43ClF4N10. The summed E-state index contributed by atoms with van der Waals surface area (Å²) in [5, 5.41) is 12.4. The first kappa shape index (κ1) is 42.9. The van der Waals surface area contributed by atoms with Crippen molar-refractivity contribution >= 4 is 39.9 Å². The van der Waals surface area contributed by atoms with Gasteiger partial charge in [-0.1, -0.05) is 47.0 Å². The number of hydrogen-bond donors (Lipinski definition) is 2. The fraction of sp³-hybridized carbons (Fsp3) is 0.208. The largest absolute Gasteiger partial charge is 0.370 e. The molecule has 6 aromatic heterocycles. The number of aromatic nitrogens is 8. The smallest absolute Gasteiger partial charge is 0.160 e. The van der Waals surface area contributed by atoms with Gasteiger partial charge in [-0.2, -0.15) is 14.7 Å². The van der Waals surface area contributed by atoms with Gasteiger partial charge in [-0.15, -0.1) is 0 Å². The van der Waals surface area contributed by atoms with Crippen LogP contribution < -0.4 is 11.1 Å². The summed E-state index contributed by atoms with van der Waals surface area (Å²) in [5.41, 5.74) is 19.7. The number of allylic oxidation sites excluding steroid dienone is 2. The van der Waals surface area contributed by atoms with Crippen LogP contribution in [-0.4, -0.2) is 52.3 Å². The number of halogens is 5. The third kappa shape index (κ3) is 8.95. The van der Waals surface area contributed by atoms with Gasteiger partial charge >= 0.3 is 0 Å². The van der Waals surface area contributed by atoms with Gasteiger partial charge in [-0.3, -0.25) is 9.97 Å². The molecule has 0 aliphatic heterocycles. The van der Waals surface area contributed by atoms with E-state index in [9.17, 15) is 17.6 Å². The molecule has 0 spiro atoms. The number of nitrogens with two attached hydrogens (primary N) is 1. The molecule has 3 N–H and O–H groups in total. The molecule has 0 fully saturated rings. The van der Waals surface area contributed by atoms with Crippen molar-refractivity contribution < 1.29 is 17.6 Å². The Labute approximate surface area is 366 Å².